The van der Waals surface area contributed by atoms with E-state index in [4.69, 9.17) is 5.73 Å². The number of nitrogens with zero attached hydrogens (tertiary/aromatic N) is 1. The summed E-state index contributed by atoms with van der Waals surface area (Å²) < 4.78 is 0. The van der Waals surface area contributed by atoms with Gasteiger partial charge in [0.2, 0.25) is 5.91 Å². The molecule has 3 rings (SSSR count). The van der Waals surface area contributed by atoms with Gasteiger partial charge in [-0.05, 0) is 42.0 Å². The van der Waals surface area contributed by atoms with Gasteiger partial charge in [0.1, 0.15) is 5.75 Å². The molecule has 2 aromatic rings. The van der Waals surface area contributed by atoms with Crippen LogP contribution in [-0.4, -0.2) is 22.5 Å². The maximum absolute atomic E-state index is 12.8. The van der Waals surface area contributed by atoms with Crippen molar-refractivity contribution in [3.63, 3.8) is 0 Å². The highest BCUT2D eigenvalue weighted by atomic mass is 35.5. The minimum absolute atomic E-state index is 0. The molecule has 0 aromatic heterocycles. The molecule has 0 saturated heterocycles. The van der Waals surface area contributed by atoms with Gasteiger partial charge < -0.3 is 15.7 Å². The molecule has 25 heavy (non-hydrogen) atoms. The molecule has 1 aliphatic carbocycles. The van der Waals surface area contributed by atoms with Crippen LogP contribution in [0.25, 0.3) is 0 Å². The highest BCUT2D eigenvalue weighted by Crippen LogP contribution is 2.31. The summed E-state index contributed by atoms with van der Waals surface area (Å²) in [5.41, 5.74) is 8.13. The van der Waals surface area contributed by atoms with Crippen molar-refractivity contribution in [3.05, 3.63) is 65.7 Å². The molecule has 4 nitrogen and oxygen atoms in total. The highest BCUT2D eigenvalue weighted by molar-refractivity contribution is 5.85. The molecule has 0 heterocycles. The number of amides is 1. The summed E-state index contributed by atoms with van der Waals surface area (Å²) >= 11 is 0. The fraction of sp³-hybridized carbons (Fsp3) is 0.350. The molecule has 0 radical (unpaired) electrons. The number of rotatable bonds is 7. The molecule has 1 saturated carbocycles. The first-order valence-corrected chi connectivity index (χ1v) is 8.48. The van der Waals surface area contributed by atoms with E-state index in [1.54, 1.807) is 18.2 Å². The van der Waals surface area contributed by atoms with E-state index < -0.39 is 0 Å². The van der Waals surface area contributed by atoms with Gasteiger partial charge in [-0.15, -0.1) is 12.4 Å². The Morgan fingerprint density at radius 3 is 2.52 bits per heavy atom. The van der Waals surface area contributed by atoms with E-state index in [2.05, 4.69) is 0 Å². The molecule has 1 unspecified atom stereocenters. The lowest BCUT2D eigenvalue weighted by atomic mass is 10.0. The number of halogens is 1. The number of nitrogens with two attached hydrogens (primary N) is 1. The lowest BCUT2D eigenvalue weighted by Gasteiger charge is -2.24. The van der Waals surface area contributed by atoms with Gasteiger partial charge in [0, 0.05) is 25.6 Å². The van der Waals surface area contributed by atoms with Gasteiger partial charge in [-0.3, -0.25) is 4.79 Å². The zero-order valence-corrected chi connectivity index (χ0v) is 15.0. The smallest absolute Gasteiger partial charge is 0.224 e. The standard InChI is InChI=1S/C20H24N2O2.ClH/c21-19(17-6-2-1-3-7-17)12-20(24)22(13-15-9-10-15)14-16-5-4-8-18(23)11-16;/h1-8,11,15,19,23H,9-10,12-14,21H2;1H. The van der Waals surface area contributed by atoms with Gasteiger partial charge in [-0.2, -0.15) is 0 Å². The summed E-state index contributed by atoms with van der Waals surface area (Å²) in [5, 5.41) is 9.63. The number of hydrogen-bond acceptors (Lipinski definition) is 3. The van der Waals surface area contributed by atoms with Crippen molar-refractivity contribution in [2.24, 2.45) is 11.7 Å². The Kier molecular flexibility index (Phi) is 6.85. The number of carbonyl (C=O) groups is 1. The minimum atomic E-state index is -0.287. The van der Waals surface area contributed by atoms with E-state index in [1.807, 2.05) is 41.3 Å². The molecule has 1 atom stereocenters. The predicted molar refractivity (Wildman–Crippen MR) is 101 cm³/mol. The predicted octanol–water partition coefficient (Wildman–Crippen LogP) is 3.64. The van der Waals surface area contributed by atoms with Crippen molar-refractivity contribution in [1.82, 2.24) is 4.90 Å². The SMILES string of the molecule is Cl.NC(CC(=O)N(Cc1cccc(O)c1)CC1CC1)c1ccccc1. The van der Waals surface area contributed by atoms with Gasteiger partial charge in [0.15, 0.2) is 0 Å². The van der Waals surface area contributed by atoms with Crippen molar-refractivity contribution in [1.29, 1.82) is 0 Å². The first-order valence-electron chi connectivity index (χ1n) is 8.48. The topological polar surface area (TPSA) is 66.6 Å². The zero-order valence-electron chi connectivity index (χ0n) is 14.2. The maximum atomic E-state index is 12.8. The Labute approximate surface area is 155 Å². The van der Waals surface area contributed by atoms with Crippen LogP contribution >= 0.6 is 12.4 Å². The molecular formula is C20H25ClN2O2. The average Bonchev–Trinajstić information content (AvgIpc) is 3.39. The molecule has 5 heteroatoms. The Morgan fingerprint density at radius 1 is 1.16 bits per heavy atom. The van der Waals surface area contributed by atoms with E-state index in [0.717, 1.165) is 17.7 Å². The van der Waals surface area contributed by atoms with Gasteiger partial charge in [-0.25, -0.2) is 0 Å². The molecule has 1 amide bonds. The van der Waals surface area contributed by atoms with Crippen molar-refractivity contribution in [2.75, 3.05) is 6.54 Å². The van der Waals surface area contributed by atoms with Crippen molar-refractivity contribution >= 4 is 18.3 Å². The summed E-state index contributed by atoms with van der Waals surface area (Å²) in [4.78, 5) is 14.6. The van der Waals surface area contributed by atoms with Crippen LogP contribution in [0.3, 0.4) is 0 Å². The van der Waals surface area contributed by atoms with E-state index in [-0.39, 0.29) is 30.1 Å². The van der Waals surface area contributed by atoms with Gasteiger partial charge >= 0.3 is 0 Å². The summed E-state index contributed by atoms with van der Waals surface area (Å²) in [6.45, 7) is 1.29. The lowest BCUT2D eigenvalue weighted by Crippen LogP contribution is -2.34. The molecule has 0 bridgehead atoms. The Bertz CT molecular complexity index is 689. The second kappa shape index (κ2) is 8.88. The Morgan fingerprint density at radius 2 is 1.88 bits per heavy atom. The monoisotopic (exact) mass is 360 g/mol. The molecule has 3 N–H and O–H groups in total. The van der Waals surface area contributed by atoms with Crippen LogP contribution in [-0.2, 0) is 11.3 Å². The molecule has 1 aliphatic rings. The molecule has 1 fully saturated rings. The van der Waals surface area contributed by atoms with Crippen LogP contribution in [0.1, 0.15) is 36.4 Å². The van der Waals surface area contributed by atoms with Crippen molar-refractivity contribution < 1.29 is 9.90 Å². The number of carbonyl (C=O) groups excluding carboxylic acids is 1. The van der Waals surface area contributed by atoms with Gasteiger partial charge in [0.05, 0.1) is 0 Å². The maximum Gasteiger partial charge on any atom is 0.224 e. The van der Waals surface area contributed by atoms with E-state index >= 15 is 0 Å². The summed E-state index contributed by atoms with van der Waals surface area (Å²) in [5.74, 6) is 0.910. The second-order valence-electron chi connectivity index (χ2n) is 6.61. The fourth-order valence-corrected chi connectivity index (χ4v) is 2.88. The molecule has 134 valence electrons. The van der Waals surface area contributed by atoms with E-state index in [0.29, 0.717) is 18.9 Å². The van der Waals surface area contributed by atoms with Crippen molar-refractivity contribution in [2.45, 2.75) is 31.8 Å². The summed E-state index contributed by atoms with van der Waals surface area (Å²) in [6, 6.07) is 16.5. The van der Waals surface area contributed by atoms with E-state index in [1.165, 1.54) is 12.8 Å². The van der Waals surface area contributed by atoms with Crippen LogP contribution in [0.5, 0.6) is 5.75 Å². The third-order valence-electron chi connectivity index (χ3n) is 4.43. The highest BCUT2D eigenvalue weighted by Gasteiger charge is 2.27. The number of phenols is 1. The third kappa shape index (κ3) is 5.76. The normalized spacial score (nSPS) is 14.4. The number of benzene rings is 2. The first-order chi connectivity index (χ1) is 11.6. The molecule has 0 aliphatic heterocycles. The average molecular weight is 361 g/mol. The Balaban J connectivity index is 0.00000225. The van der Waals surface area contributed by atoms with E-state index in [9.17, 15) is 9.90 Å². The number of phenolic OH excluding ortho intramolecular Hbond substituents is 1. The van der Waals surface area contributed by atoms with Crippen LogP contribution in [0.2, 0.25) is 0 Å². The van der Waals surface area contributed by atoms with Gasteiger partial charge in [0.25, 0.3) is 0 Å². The summed E-state index contributed by atoms with van der Waals surface area (Å²) in [7, 11) is 0. The minimum Gasteiger partial charge on any atom is -0.508 e. The van der Waals surface area contributed by atoms with Crippen LogP contribution < -0.4 is 5.73 Å². The zero-order chi connectivity index (χ0) is 16.9. The summed E-state index contributed by atoms with van der Waals surface area (Å²) in [6.07, 6.45) is 2.68. The van der Waals surface area contributed by atoms with Crippen LogP contribution in [0.4, 0.5) is 0 Å². The molecule has 0 spiro atoms. The quantitative estimate of drug-likeness (QED) is 0.792. The third-order valence-corrected chi connectivity index (χ3v) is 4.43. The van der Waals surface area contributed by atoms with Crippen molar-refractivity contribution in [3.8, 4) is 5.75 Å². The van der Waals surface area contributed by atoms with Crippen LogP contribution in [0, 0.1) is 5.92 Å². The first kappa shape index (κ1) is 19.3. The van der Waals surface area contributed by atoms with Crippen LogP contribution in [0.15, 0.2) is 54.6 Å². The fourth-order valence-electron chi connectivity index (χ4n) is 2.88. The Hall–Kier alpha value is -2.04. The second-order valence-corrected chi connectivity index (χ2v) is 6.61. The van der Waals surface area contributed by atoms with Gasteiger partial charge in [-0.1, -0.05) is 42.5 Å². The largest absolute Gasteiger partial charge is 0.508 e. The molecule has 2 aromatic carbocycles. The number of aromatic hydroxyl groups is 1. The number of hydrogen-bond donors (Lipinski definition) is 2. The molecular weight excluding hydrogens is 336 g/mol. The lowest BCUT2D eigenvalue weighted by molar-refractivity contribution is -0.132.